The van der Waals surface area contributed by atoms with E-state index in [4.69, 9.17) is 5.73 Å². The Morgan fingerprint density at radius 3 is 2.95 bits per heavy atom. The smallest absolute Gasteiger partial charge is 0.0888 e. The molecule has 0 spiro atoms. The van der Waals surface area contributed by atoms with Gasteiger partial charge in [0.05, 0.1) is 12.3 Å². The minimum absolute atomic E-state index is 0.138. The van der Waals surface area contributed by atoms with Crippen LogP contribution < -0.4 is 5.73 Å². The van der Waals surface area contributed by atoms with Crippen LogP contribution >= 0.6 is 0 Å². The van der Waals surface area contributed by atoms with Crippen LogP contribution in [0.3, 0.4) is 0 Å². The van der Waals surface area contributed by atoms with Gasteiger partial charge in [0.25, 0.3) is 0 Å². The van der Waals surface area contributed by atoms with Gasteiger partial charge in [-0.05, 0) is 31.6 Å². The molecule has 0 amide bonds. The number of aliphatic hydroxyl groups excluding tert-OH is 1. The van der Waals surface area contributed by atoms with Crippen LogP contribution in [0.15, 0.2) is 12.4 Å². The molecule has 0 saturated heterocycles. The van der Waals surface area contributed by atoms with Gasteiger partial charge in [0.15, 0.2) is 0 Å². The Hall–Kier alpha value is -0.870. The highest BCUT2D eigenvalue weighted by Crippen LogP contribution is 2.50. The van der Waals surface area contributed by atoms with Gasteiger partial charge in [-0.15, -0.1) is 0 Å². The molecule has 1 aliphatic carbocycles. The van der Waals surface area contributed by atoms with Crippen molar-refractivity contribution in [2.45, 2.75) is 58.6 Å². The molecule has 1 heterocycles. The molecule has 0 radical (unpaired) electrons. The lowest BCUT2D eigenvalue weighted by Gasteiger charge is -2.33. The maximum atomic E-state index is 10.7. The molecule has 19 heavy (non-hydrogen) atoms. The van der Waals surface area contributed by atoms with Crippen molar-refractivity contribution in [3.05, 3.63) is 18.0 Å². The van der Waals surface area contributed by atoms with Crippen molar-refractivity contribution in [2.75, 3.05) is 6.54 Å². The van der Waals surface area contributed by atoms with Gasteiger partial charge < -0.3 is 10.8 Å². The molecule has 4 heteroatoms. The molecule has 108 valence electrons. The second-order valence-electron chi connectivity index (χ2n) is 6.02. The standard InChI is InChI=1S/C15H27N3O/c1-3-7-18-10-13(9-17-18)14(19)15(11-16)6-5-12(4-2)8-15/h9-10,12,14,19H,3-8,11,16H2,1-2H3. The zero-order valence-corrected chi connectivity index (χ0v) is 12.2. The van der Waals surface area contributed by atoms with Crippen LogP contribution in [0.2, 0.25) is 0 Å². The van der Waals surface area contributed by atoms with Crippen LogP contribution in [-0.4, -0.2) is 21.4 Å². The normalized spacial score (nSPS) is 28.7. The number of aryl methyl sites for hydroxylation is 1. The molecule has 4 nitrogen and oxygen atoms in total. The van der Waals surface area contributed by atoms with E-state index in [-0.39, 0.29) is 5.41 Å². The second-order valence-corrected chi connectivity index (χ2v) is 6.02. The van der Waals surface area contributed by atoms with E-state index in [0.29, 0.717) is 12.5 Å². The molecule has 1 aromatic heterocycles. The Balaban J connectivity index is 2.13. The molecule has 1 aromatic rings. The SMILES string of the molecule is CCCn1cc(C(O)C2(CN)CCC(CC)C2)cn1. The van der Waals surface area contributed by atoms with Crippen molar-refractivity contribution in [1.82, 2.24) is 9.78 Å². The maximum Gasteiger partial charge on any atom is 0.0888 e. The first-order chi connectivity index (χ1) is 9.15. The number of aromatic nitrogens is 2. The summed E-state index contributed by atoms with van der Waals surface area (Å²) in [5.41, 5.74) is 6.79. The largest absolute Gasteiger partial charge is 0.388 e. The van der Waals surface area contributed by atoms with Crippen molar-refractivity contribution >= 4 is 0 Å². The third kappa shape index (κ3) is 2.84. The van der Waals surface area contributed by atoms with Gasteiger partial charge in [-0.2, -0.15) is 5.10 Å². The van der Waals surface area contributed by atoms with E-state index < -0.39 is 6.10 Å². The molecule has 0 aliphatic heterocycles. The number of nitrogens with two attached hydrogens (primary N) is 1. The predicted molar refractivity (Wildman–Crippen MR) is 76.6 cm³/mol. The summed E-state index contributed by atoms with van der Waals surface area (Å²) >= 11 is 0. The Labute approximate surface area is 116 Å². The van der Waals surface area contributed by atoms with E-state index in [1.807, 2.05) is 10.9 Å². The maximum absolute atomic E-state index is 10.7. The lowest BCUT2D eigenvalue weighted by molar-refractivity contribution is 0.0301. The monoisotopic (exact) mass is 265 g/mol. The lowest BCUT2D eigenvalue weighted by atomic mass is 9.77. The van der Waals surface area contributed by atoms with Gasteiger partial charge in [0, 0.05) is 30.3 Å². The number of rotatable bonds is 6. The van der Waals surface area contributed by atoms with E-state index in [1.165, 1.54) is 12.8 Å². The molecule has 3 unspecified atom stereocenters. The molecule has 1 fully saturated rings. The highest BCUT2D eigenvalue weighted by Gasteiger charge is 2.44. The Kier molecular flexibility index (Phi) is 4.63. The van der Waals surface area contributed by atoms with E-state index >= 15 is 0 Å². The minimum atomic E-state index is -0.473. The van der Waals surface area contributed by atoms with Crippen LogP contribution in [0.25, 0.3) is 0 Å². The predicted octanol–water partition coefficient (Wildman–Crippen LogP) is 2.48. The summed E-state index contributed by atoms with van der Waals surface area (Å²) < 4.78 is 1.91. The molecular weight excluding hydrogens is 238 g/mol. The van der Waals surface area contributed by atoms with Gasteiger partial charge in [-0.25, -0.2) is 0 Å². The Morgan fingerprint density at radius 1 is 1.58 bits per heavy atom. The van der Waals surface area contributed by atoms with E-state index in [2.05, 4.69) is 18.9 Å². The average Bonchev–Trinajstić information content (AvgIpc) is 3.05. The molecule has 0 aromatic carbocycles. The van der Waals surface area contributed by atoms with Gasteiger partial charge in [0.1, 0.15) is 0 Å². The lowest BCUT2D eigenvalue weighted by Crippen LogP contribution is -2.34. The average molecular weight is 265 g/mol. The summed E-state index contributed by atoms with van der Waals surface area (Å²) in [5.74, 6) is 0.712. The topological polar surface area (TPSA) is 64.1 Å². The van der Waals surface area contributed by atoms with Crippen molar-refractivity contribution in [3.8, 4) is 0 Å². The quantitative estimate of drug-likeness (QED) is 0.830. The first kappa shape index (κ1) is 14.5. The summed E-state index contributed by atoms with van der Waals surface area (Å²) in [6, 6.07) is 0. The summed E-state index contributed by atoms with van der Waals surface area (Å²) in [6.45, 7) is 5.81. The van der Waals surface area contributed by atoms with Gasteiger partial charge in [-0.3, -0.25) is 4.68 Å². The van der Waals surface area contributed by atoms with Gasteiger partial charge >= 0.3 is 0 Å². The fourth-order valence-corrected chi connectivity index (χ4v) is 3.39. The van der Waals surface area contributed by atoms with E-state index in [1.54, 1.807) is 6.20 Å². The minimum Gasteiger partial charge on any atom is -0.388 e. The summed E-state index contributed by atoms with van der Waals surface area (Å²) in [5, 5.41) is 15.1. The van der Waals surface area contributed by atoms with Crippen molar-refractivity contribution < 1.29 is 5.11 Å². The van der Waals surface area contributed by atoms with Crippen LogP contribution in [0, 0.1) is 11.3 Å². The first-order valence-electron chi connectivity index (χ1n) is 7.55. The van der Waals surface area contributed by atoms with E-state index in [9.17, 15) is 5.11 Å². The van der Waals surface area contributed by atoms with E-state index in [0.717, 1.165) is 31.4 Å². The fraction of sp³-hybridized carbons (Fsp3) is 0.800. The molecule has 1 saturated carbocycles. The zero-order valence-electron chi connectivity index (χ0n) is 12.2. The summed E-state index contributed by atoms with van der Waals surface area (Å²) in [7, 11) is 0. The molecular formula is C15H27N3O. The first-order valence-corrected chi connectivity index (χ1v) is 7.55. The Morgan fingerprint density at radius 2 is 2.37 bits per heavy atom. The third-order valence-electron chi connectivity index (χ3n) is 4.73. The molecule has 3 atom stereocenters. The molecule has 0 bridgehead atoms. The van der Waals surface area contributed by atoms with Crippen LogP contribution in [0.4, 0.5) is 0 Å². The highest BCUT2D eigenvalue weighted by atomic mass is 16.3. The third-order valence-corrected chi connectivity index (χ3v) is 4.73. The number of hydrogen-bond acceptors (Lipinski definition) is 3. The van der Waals surface area contributed by atoms with Gasteiger partial charge in [0.2, 0.25) is 0 Å². The Bertz CT molecular complexity index is 404. The number of aliphatic hydroxyl groups is 1. The van der Waals surface area contributed by atoms with Crippen LogP contribution in [-0.2, 0) is 6.54 Å². The second kappa shape index (κ2) is 6.06. The van der Waals surface area contributed by atoms with Crippen LogP contribution in [0.5, 0.6) is 0 Å². The molecule has 2 rings (SSSR count). The molecule has 3 N–H and O–H groups in total. The zero-order chi connectivity index (χ0) is 13.9. The number of nitrogens with zero attached hydrogens (tertiary/aromatic N) is 2. The fourth-order valence-electron chi connectivity index (χ4n) is 3.39. The van der Waals surface area contributed by atoms with Crippen molar-refractivity contribution in [3.63, 3.8) is 0 Å². The summed E-state index contributed by atoms with van der Waals surface area (Å²) in [6.07, 6.45) is 8.80. The van der Waals surface area contributed by atoms with Crippen molar-refractivity contribution in [1.29, 1.82) is 0 Å². The highest BCUT2D eigenvalue weighted by molar-refractivity contribution is 5.14. The van der Waals surface area contributed by atoms with Gasteiger partial charge in [-0.1, -0.05) is 20.3 Å². The number of hydrogen-bond donors (Lipinski definition) is 2. The summed E-state index contributed by atoms with van der Waals surface area (Å²) in [4.78, 5) is 0. The molecule has 1 aliphatic rings. The van der Waals surface area contributed by atoms with Crippen LogP contribution in [0.1, 0.15) is 57.6 Å². The van der Waals surface area contributed by atoms with Crippen molar-refractivity contribution in [2.24, 2.45) is 17.1 Å².